The molecule has 0 fully saturated rings. The first-order chi connectivity index (χ1) is 12.9. The number of amides is 1. The van der Waals surface area contributed by atoms with E-state index in [2.05, 4.69) is 10.2 Å². The average Bonchev–Trinajstić information content (AvgIpc) is 2.68. The number of nitrogens with one attached hydrogen (secondary N) is 1. The van der Waals surface area contributed by atoms with E-state index in [4.69, 9.17) is 4.74 Å². The molecule has 0 spiro atoms. The molecular weight excluding hydrogens is 357 g/mol. The van der Waals surface area contributed by atoms with Gasteiger partial charge in [-0.3, -0.25) is 9.69 Å². The maximum absolute atomic E-state index is 13.4. The Kier molecular flexibility index (Phi) is 7.24. The second-order valence-corrected chi connectivity index (χ2v) is 5.98. The van der Waals surface area contributed by atoms with E-state index >= 15 is 0 Å². The Balaban J connectivity index is 2.21. The van der Waals surface area contributed by atoms with Gasteiger partial charge in [0, 0.05) is 12.1 Å². The molecule has 2 rings (SSSR count). The Hall–Kier alpha value is -2.54. The van der Waals surface area contributed by atoms with Crippen LogP contribution < -0.4 is 10.1 Å². The molecule has 0 saturated heterocycles. The van der Waals surface area contributed by atoms with Crippen molar-refractivity contribution in [3.05, 3.63) is 65.0 Å². The topological polar surface area (TPSA) is 41.6 Å². The van der Waals surface area contributed by atoms with Crippen LogP contribution in [0.4, 0.5) is 13.2 Å². The molecule has 146 valence electrons. The van der Waals surface area contributed by atoms with Gasteiger partial charge in [0.1, 0.15) is 5.75 Å². The number of hydrogen-bond acceptors (Lipinski definition) is 3. The lowest BCUT2D eigenvalue weighted by Crippen LogP contribution is -2.38. The monoisotopic (exact) mass is 380 g/mol. The van der Waals surface area contributed by atoms with Crippen LogP contribution in [0.1, 0.15) is 35.8 Å². The van der Waals surface area contributed by atoms with Crippen LogP contribution in [0.5, 0.6) is 5.75 Å². The molecule has 1 atom stereocenters. The van der Waals surface area contributed by atoms with Crippen molar-refractivity contribution in [3.8, 4) is 5.75 Å². The largest absolute Gasteiger partial charge is 0.497 e. The van der Waals surface area contributed by atoms with Crippen molar-refractivity contribution in [2.75, 3.05) is 26.7 Å². The highest BCUT2D eigenvalue weighted by atomic mass is 19.2. The van der Waals surface area contributed by atoms with Crippen molar-refractivity contribution in [3.63, 3.8) is 0 Å². The maximum atomic E-state index is 13.4. The third-order valence-electron chi connectivity index (χ3n) is 4.43. The van der Waals surface area contributed by atoms with Crippen LogP contribution in [-0.2, 0) is 0 Å². The SMILES string of the molecule is CCN(CC)C(CNC(=O)c1cc(F)c(F)c(F)c1)c1cccc(OC)c1. The highest BCUT2D eigenvalue weighted by molar-refractivity contribution is 5.94. The number of halogens is 3. The van der Waals surface area contributed by atoms with Crippen molar-refractivity contribution in [2.24, 2.45) is 0 Å². The molecular formula is C20H23F3N2O2. The molecule has 2 aromatic carbocycles. The molecule has 1 amide bonds. The molecule has 0 aliphatic rings. The van der Waals surface area contributed by atoms with Crippen molar-refractivity contribution in [1.29, 1.82) is 0 Å². The molecule has 0 bridgehead atoms. The van der Waals surface area contributed by atoms with Crippen molar-refractivity contribution in [2.45, 2.75) is 19.9 Å². The molecule has 4 nitrogen and oxygen atoms in total. The van der Waals surface area contributed by atoms with Gasteiger partial charge >= 0.3 is 0 Å². The van der Waals surface area contributed by atoms with E-state index in [1.807, 2.05) is 38.1 Å². The number of likely N-dealkylation sites (N-methyl/N-ethyl adjacent to an activating group) is 1. The minimum atomic E-state index is -1.59. The lowest BCUT2D eigenvalue weighted by atomic mass is 10.0. The quantitative estimate of drug-likeness (QED) is 0.706. The number of carbonyl (C=O) groups is 1. The van der Waals surface area contributed by atoms with Crippen molar-refractivity contribution in [1.82, 2.24) is 10.2 Å². The maximum Gasteiger partial charge on any atom is 0.251 e. The van der Waals surface area contributed by atoms with E-state index in [-0.39, 0.29) is 18.2 Å². The summed E-state index contributed by atoms with van der Waals surface area (Å²) in [4.78, 5) is 14.4. The molecule has 0 aromatic heterocycles. The Morgan fingerprint density at radius 3 is 2.30 bits per heavy atom. The summed E-state index contributed by atoms with van der Waals surface area (Å²) in [6.45, 7) is 5.71. The van der Waals surface area contributed by atoms with E-state index in [0.717, 1.165) is 18.7 Å². The number of rotatable bonds is 8. The third kappa shape index (κ3) is 5.01. The lowest BCUT2D eigenvalue weighted by Gasteiger charge is -2.30. The first kappa shape index (κ1) is 20.8. The van der Waals surface area contributed by atoms with E-state index in [9.17, 15) is 18.0 Å². The van der Waals surface area contributed by atoms with Crippen LogP contribution in [-0.4, -0.2) is 37.6 Å². The number of nitrogens with zero attached hydrogens (tertiary/aromatic N) is 1. The van der Waals surface area contributed by atoms with Crippen LogP contribution >= 0.6 is 0 Å². The summed E-state index contributed by atoms with van der Waals surface area (Å²) in [7, 11) is 1.57. The summed E-state index contributed by atoms with van der Waals surface area (Å²) in [6.07, 6.45) is 0. The van der Waals surface area contributed by atoms with Crippen LogP contribution in [0.3, 0.4) is 0 Å². The van der Waals surface area contributed by atoms with Gasteiger partial charge in [-0.05, 0) is 42.9 Å². The van der Waals surface area contributed by atoms with Crippen molar-refractivity contribution < 1.29 is 22.7 Å². The molecule has 1 unspecified atom stereocenters. The van der Waals surface area contributed by atoms with E-state index < -0.39 is 23.4 Å². The van der Waals surface area contributed by atoms with Gasteiger partial charge in [0.15, 0.2) is 17.5 Å². The zero-order valence-corrected chi connectivity index (χ0v) is 15.6. The molecule has 0 radical (unpaired) electrons. The molecule has 0 saturated carbocycles. The third-order valence-corrected chi connectivity index (χ3v) is 4.43. The Morgan fingerprint density at radius 1 is 1.11 bits per heavy atom. The summed E-state index contributed by atoms with van der Waals surface area (Å²) >= 11 is 0. The van der Waals surface area contributed by atoms with Crippen LogP contribution in [0.25, 0.3) is 0 Å². The first-order valence-electron chi connectivity index (χ1n) is 8.71. The van der Waals surface area contributed by atoms with E-state index in [0.29, 0.717) is 17.9 Å². The zero-order chi connectivity index (χ0) is 20.0. The number of hydrogen-bond donors (Lipinski definition) is 1. The molecule has 27 heavy (non-hydrogen) atoms. The summed E-state index contributed by atoms with van der Waals surface area (Å²) < 4.78 is 45.1. The fourth-order valence-corrected chi connectivity index (χ4v) is 2.95. The summed E-state index contributed by atoms with van der Waals surface area (Å²) in [5.74, 6) is -4.36. The minimum Gasteiger partial charge on any atom is -0.497 e. The molecule has 0 aliphatic carbocycles. The molecule has 2 aromatic rings. The summed E-state index contributed by atoms with van der Waals surface area (Å²) in [5, 5.41) is 2.68. The predicted molar refractivity (Wildman–Crippen MR) is 97.3 cm³/mol. The van der Waals surface area contributed by atoms with Crippen LogP contribution in [0.15, 0.2) is 36.4 Å². The van der Waals surface area contributed by atoms with Crippen molar-refractivity contribution >= 4 is 5.91 Å². The van der Waals surface area contributed by atoms with Gasteiger partial charge in [-0.1, -0.05) is 26.0 Å². The minimum absolute atomic E-state index is 0.158. The summed E-state index contributed by atoms with van der Waals surface area (Å²) in [6, 6.07) is 8.70. The van der Waals surface area contributed by atoms with Gasteiger partial charge in [0.2, 0.25) is 0 Å². The fraction of sp³-hybridized carbons (Fsp3) is 0.350. The molecule has 7 heteroatoms. The standard InChI is InChI=1S/C20H23F3N2O2/c1-4-25(5-2)18(13-7-6-8-15(9-13)27-3)12-24-20(26)14-10-16(21)19(23)17(22)11-14/h6-11,18H,4-5,12H2,1-3H3,(H,24,26). The molecule has 0 aliphatic heterocycles. The molecule has 0 heterocycles. The van der Waals surface area contributed by atoms with Crippen LogP contribution in [0.2, 0.25) is 0 Å². The second kappa shape index (κ2) is 9.41. The number of carbonyl (C=O) groups excluding carboxylic acids is 1. The smallest absolute Gasteiger partial charge is 0.251 e. The fourth-order valence-electron chi connectivity index (χ4n) is 2.95. The lowest BCUT2D eigenvalue weighted by molar-refractivity contribution is 0.0933. The van der Waals surface area contributed by atoms with E-state index in [1.165, 1.54) is 0 Å². The van der Waals surface area contributed by atoms with Gasteiger partial charge in [-0.15, -0.1) is 0 Å². The Labute approximate surface area is 156 Å². The number of methoxy groups -OCH3 is 1. The summed E-state index contributed by atoms with van der Waals surface area (Å²) in [5.41, 5.74) is 0.671. The predicted octanol–water partition coefficient (Wildman–Crippen LogP) is 3.93. The second-order valence-electron chi connectivity index (χ2n) is 5.98. The first-order valence-corrected chi connectivity index (χ1v) is 8.71. The number of benzene rings is 2. The molecule has 1 N–H and O–H groups in total. The zero-order valence-electron chi connectivity index (χ0n) is 15.6. The Bertz CT molecular complexity index is 772. The van der Waals surface area contributed by atoms with Gasteiger partial charge in [-0.25, -0.2) is 13.2 Å². The van der Waals surface area contributed by atoms with Crippen LogP contribution in [0, 0.1) is 17.5 Å². The van der Waals surface area contributed by atoms with Gasteiger partial charge in [0.25, 0.3) is 5.91 Å². The highest BCUT2D eigenvalue weighted by Gasteiger charge is 2.21. The van der Waals surface area contributed by atoms with E-state index in [1.54, 1.807) is 7.11 Å². The average molecular weight is 380 g/mol. The van der Waals surface area contributed by atoms with Gasteiger partial charge in [-0.2, -0.15) is 0 Å². The Morgan fingerprint density at radius 2 is 1.74 bits per heavy atom. The van der Waals surface area contributed by atoms with Gasteiger partial charge in [0.05, 0.1) is 13.2 Å². The number of ether oxygens (including phenoxy) is 1. The van der Waals surface area contributed by atoms with Gasteiger partial charge < -0.3 is 10.1 Å². The highest BCUT2D eigenvalue weighted by Crippen LogP contribution is 2.24. The normalized spacial score (nSPS) is 12.1.